The molecule has 1 atom stereocenters. The van der Waals surface area contributed by atoms with Gasteiger partial charge in [-0.2, -0.15) is 13.2 Å². The van der Waals surface area contributed by atoms with Crippen molar-refractivity contribution in [2.45, 2.75) is 19.2 Å². The van der Waals surface area contributed by atoms with Crippen molar-refractivity contribution >= 4 is 23.2 Å². The Kier molecular flexibility index (Phi) is 3.09. The fourth-order valence-corrected chi connectivity index (χ4v) is 2.88. The molecule has 2 aromatic rings. The molecule has 0 fully saturated rings. The third-order valence-electron chi connectivity index (χ3n) is 3.11. The molecule has 0 N–H and O–H groups in total. The van der Waals surface area contributed by atoms with E-state index in [1.165, 1.54) is 11.3 Å². The number of halogens is 3. The van der Waals surface area contributed by atoms with Gasteiger partial charge in [0, 0.05) is 16.0 Å². The van der Waals surface area contributed by atoms with Gasteiger partial charge in [0.05, 0.1) is 0 Å². The molecule has 104 valence electrons. The SMILES string of the molecule is Cc1ccc2c(c1)C(C(F)(F)F)O/C2=C\c1cccs1. The molecule has 1 unspecified atom stereocenters. The average molecular weight is 296 g/mol. The fraction of sp³-hybridized carbons (Fsp3) is 0.200. The molecular formula is C15H11F3OS. The van der Waals surface area contributed by atoms with Gasteiger partial charge in [-0.05, 0) is 24.4 Å². The van der Waals surface area contributed by atoms with Crippen molar-refractivity contribution in [2.24, 2.45) is 0 Å². The van der Waals surface area contributed by atoms with Crippen molar-refractivity contribution in [1.82, 2.24) is 0 Å². The molecule has 0 bridgehead atoms. The Balaban J connectivity index is 2.10. The van der Waals surface area contributed by atoms with E-state index < -0.39 is 12.3 Å². The second-order valence-corrected chi connectivity index (χ2v) is 5.63. The second-order valence-electron chi connectivity index (χ2n) is 4.65. The maximum Gasteiger partial charge on any atom is 0.429 e. The summed E-state index contributed by atoms with van der Waals surface area (Å²) in [6, 6.07) is 8.72. The van der Waals surface area contributed by atoms with Crippen LogP contribution >= 0.6 is 11.3 Å². The topological polar surface area (TPSA) is 9.23 Å². The highest BCUT2D eigenvalue weighted by atomic mass is 32.1. The molecule has 0 saturated carbocycles. The van der Waals surface area contributed by atoms with Crippen molar-refractivity contribution in [1.29, 1.82) is 0 Å². The number of aryl methyl sites for hydroxylation is 1. The lowest BCUT2D eigenvalue weighted by molar-refractivity contribution is -0.201. The predicted molar refractivity (Wildman–Crippen MR) is 73.3 cm³/mol. The van der Waals surface area contributed by atoms with Crippen LogP contribution in [0.3, 0.4) is 0 Å². The highest BCUT2D eigenvalue weighted by molar-refractivity contribution is 7.10. The highest BCUT2D eigenvalue weighted by Gasteiger charge is 2.48. The van der Waals surface area contributed by atoms with Crippen LogP contribution < -0.4 is 0 Å². The normalized spacial score (nSPS) is 20.0. The van der Waals surface area contributed by atoms with Crippen molar-refractivity contribution in [3.63, 3.8) is 0 Å². The van der Waals surface area contributed by atoms with Gasteiger partial charge in [0.2, 0.25) is 6.10 Å². The Labute approximate surface area is 118 Å². The number of thiophene rings is 1. The van der Waals surface area contributed by atoms with E-state index in [1.807, 2.05) is 17.5 Å². The van der Waals surface area contributed by atoms with E-state index in [0.29, 0.717) is 5.56 Å². The monoisotopic (exact) mass is 296 g/mol. The van der Waals surface area contributed by atoms with Gasteiger partial charge in [0.25, 0.3) is 0 Å². The molecule has 1 aromatic heterocycles. The molecule has 1 aliphatic heterocycles. The van der Waals surface area contributed by atoms with E-state index in [-0.39, 0.29) is 11.3 Å². The standard InChI is InChI=1S/C15H11F3OS/c1-9-4-5-11-12(7-9)14(15(16,17)18)19-13(11)8-10-3-2-6-20-10/h2-8,14H,1H3/b13-8-. The van der Waals surface area contributed by atoms with Crippen molar-refractivity contribution in [2.75, 3.05) is 0 Å². The summed E-state index contributed by atoms with van der Waals surface area (Å²) in [5, 5.41) is 1.87. The Morgan fingerprint density at radius 3 is 2.70 bits per heavy atom. The lowest BCUT2D eigenvalue weighted by atomic mass is 10.0. The zero-order valence-electron chi connectivity index (χ0n) is 10.6. The van der Waals surface area contributed by atoms with Crippen LogP contribution in [0.15, 0.2) is 35.7 Å². The van der Waals surface area contributed by atoms with Crippen LogP contribution in [0.2, 0.25) is 0 Å². The Hall–Kier alpha value is -1.75. The Bertz CT molecular complexity index is 656. The van der Waals surface area contributed by atoms with Crippen LogP contribution in [0, 0.1) is 6.92 Å². The Morgan fingerprint density at radius 2 is 2.05 bits per heavy atom. The largest absolute Gasteiger partial charge is 0.475 e. The molecule has 0 saturated heterocycles. The fourth-order valence-electron chi connectivity index (χ4n) is 2.23. The van der Waals surface area contributed by atoms with E-state index in [4.69, 9.17) is 4.74 Å². The molecule has 2 heterocycles. The number of benzene rings is 1. The number of ether oxygens (including phenoxy) is 1. The molecule has 1 aliphatic rings. The molecule has 0 amide bonds. The average Bonchev–Trinajstić information content (AvgIpc) is 2.97. The molecular weight excluding hydrogens is 285 g/mol. The molecule has 1 nitrogen and oxygen atoms in total. The second kappa shape index (κ2) is 4.66. The van der Waals surface area contributed by atoms with Crippen molar-refractivity contribution < 1.29 is 17.9 Å². The minimum absolute atomic E-state index is 0.195. The minimum atomic E-state index is -4.41. The van der Waals surface area contributed by atoms with Crippen LogP contribution in [0.25, 0.3) is 11.8 Å². The van der Waals surface area contributed by atoms with E-state index in [0.717, 1.165) is 10.4 Å². The number of alkyl halides is 3. The van der Waals surface area contributed by atoms with E-state index >= 15 is 0 Å². The van der Waals surface area contributed by atoms with Gasteiger partial charge >= 0.3 is 6.18 Å². The predicted octanol–water partition coefficient (Wildman–Crippen LogP) is 5.19. The number of rotatable bonds is 1. The molecule has 3 rings (SSSR count). The zero-order chi connectivity index (χ0) is 14.3. The third-order valence-corrected chi connectivity index (χ3v) is 3.93. The molecule has 20 heavy (non-hydrogen) atoms. The highest BCUT2D eigenvalue weighted by Crippen LogP contribution is 2.47. The van der Waals surface area contributed by atoms with Crippen LogP contribution in [0.1, 0.15) is 27.7 Å². The molecule has 5 heteroatoms. The smallest absolute Gasteiger partial charge is 0.429 e. The summed E-state index contributed by atoms with van der Waals surface area (Å²) in [4.78, 5) is 0.870. The van der Waals surface area contributed by atoms with E-state index in [1.54, 1.807) is 31.2 Å². The van der Waals surface area contributed by atoms with Crippen molar-refractivity contribution in [3.8, 4) is 0 Å². The first-order chi connectivity index (χ1) is 9.45. The zero-order valence-corrected chi connectivity index (χ0v) is 11.4. The molecule has 0 radical (unpaired) electrons. The first-order valence-electron chi connectivity index (χ1n) is 6.04. The number of hydrogen-bond donors (Lipinski definition) is 0. The number of fused-ring (bicyclic) bond motifs is 1. The maximum absolute atomic E-state index is 13.1. The summed E-state index contributed by atoms with van der Waals surface area (Å²) < 4.78 is 44.4. The summed E-state index contributed by atoms with van der Waals surface area (Å²) in [7, 11) is 0. The minimum Gasteiger partial charge on any atom is -0.475 e. The van der Waals surface area contributed by atoms with Gasteiger partial charge in [-0.3, -0.25) is 0 Å². The summed E-state index contributed by atoms with van der Waals surface area (Å²) in [6.07, 6.45) is -4.62. The molecule has 0 spiro atoms. The summed E-state index contributed by atoms with van der Waals surface area (Å²) in [5.41, 5.74) is 1.51. The van der Waals surface area contributed by atoms with E-state index in [2.05, 4.69) is 0 Å². The van der Waals surface area contributed by atoms with Gasteiger partial charge in [0.1, 0.15) is 5.76 Å². The van der Waals surface area contributed by atoms with Crippen LogP contribution in [0.5, 0.6) is 0 Å². The van der Waals surface area contributed by atoms with Crippen LogP contribution in [-0.2, 0) is 4.74 Å². The maximum atomic E-state index is 13.1. The lowest BCUT2D eigenvalue weighted by Gasteiger charge is -2.15. The summed E-state index contributed by atoms with van der Waals surface area (Å²) in [6.45, 7) is 1.77. The molecule has 0 aliphatic carbocycles. The van der Waals surface area contributed by atoms with Gasteiger partial charge in [-0.25, -0.2) is 0 Å². The van der Waals surface area contributed by atoms with Gasteiger partial charge in [-0.1, -0.05) is 29.8 Å². The van der Waals surface area contributed by atoms with E-state index in [9.17, 15) is 13.2 Å². The first kappa shape index (κ1) is 13.2. The van der Waals surface area contributed by atoms with Crippen LogP contribution in [0.4, 0.5) is 13.2 Å². The summed E-state index contributed by atoms with van der Waals surface area (Å²) in [5.74, 6) is 0.282. The number of hydrogen-bond acceptors (Lipinski definition) is 2. The van der Waals surface area contributed by atoms with Gasteiger partial charge in [-0.15, -0.1) is 11.3 Å². The lowest BCUT2D eigenvalue weighted by Crippen LogP contribution is -2.19. The quantitative estimate of drug-likeness (QED) is 0.704. The van der Waals surface area contributed by atoms with Gasteiger partial charge < -0.3 is 4.74 Å². The third kappa shape index (κ3) is 2.33. The summed E-state index contributed by atoms with van der Waals surface area (Å²) >= 11 is 1.46. The first-order valence-corrected chi connectivity index (χ1v) is 6.92. The molecule has 1 aromatic carbocycles. The Morgan fingerprint density at radius 1 is 1.25 bits per heavy atom. The van der Waals surface area contributed by atoms with Crippen molar-refractivity contribution in [3.05, 3.63) is 57.3 Å². The van der Waals surface area contributed by atoms with Crippen LogP contribution in [-0.4, -0.2) is 6.18 Å². The van der Waals surface area contributed by atoms with Gasteiger partial charge in [0.15, 0.2) is 0 Å².